The third-order valence-corrected chi connectivity index (χ3v) is 4.52. The van der Waals surface area contributed by atoms with Crippen molar-refractivity contribution in [1.29, 1.82) is 0 Å². The second-order valence-corrected chi connectivity index (χ2v) is 6.62. The van der Waals surface area contributed by atoms with Gasteiger partial charge in [0.25, 0.3) is 0 Å². The molecule has 0 aliphatic rings. The molecule has 0 aliphatic carbocycles. The summed E-state index contributed by atoms with van der Waals surface area (Å²) in [5.74, 6) is -1.58. The number of carbonyl (C=O) groups is 2. The molecule has 1 aromatic heterocycles. The molecular formula is C20H21N3O5. The Morgan fingerprint density at radius 2 is 1.71 bits per heavy atom. The van der Waals surface area contributed by atoms with E-state index in [0.717, 1.165) is 16.5 Å². The Morgan fingerprint density at radius 3 is 2.39 bits per heavy atom. The van der Waals surface area contributed by atoms with Crippen molar-refractivity contribution in [3.63, 3.8) is 0 Å². The molecule has 0 radical (unpaired) electrons. The zero-order valence-corrected chi connectivity index (χ0v) is 14.9. The zero-order valence-electron chi connectivity index (χ0n) is 14.9. The molecule has 0 spiro atoms. The van der Waals surface area contributed by atoms with E-state index in [4.69, 9.17) is 5.73 Å². The number of phenolic OH excluding ortho intramolecular Hbond substituents is 2. The molecule has 0 saturated heterocycles. The van der Waals surface area contributed by atoms with Crippen LogP contribution in [0.2, 0.25) is 0 Å². The number of aromatic nitrogens is 1. The number of nitrogens with two attached hydrogens (primary N) is 1. The topological polar surface area (TPSA) is 149 Å². The molecule has 3 rings (SSSR count). The normalized spacial score (nSPS) is 13.2. The van der Waals surface area contributed by atoms with E-state index in [9.17, 15) is 24.9 Å². The number of hydrogen-bond acceptors (Lipinski definition) is 5. The molecule has 2 aromatic carbocycles. The Kier molecular flexibility index (Phi) is 5.51. The minimum absolute atomic E-state index is 0.0645. The van der Waals surface area contributed by atoms with Gasteiger partial charge < -0.3 is 31.4 Å². The number of hydrogen-bond donors (Lipinski definition) is 6. The van der Waals surface area contributed by atoms with E-state index in [1.165, 1.54) is 12.1 Å². The van der Waals surface area contributed by atoms with Crippen LogP contribution in [0.5, 0.6) is 11.5 Å². The molecule has 0 unspecified atom stereocenters. The molecule has 3 aromatic rings. The Bertz CT molecular complexity index is 997. The van der Waals surface area contributed by atoms with Crippen LogP contribution in [0.4, 0.5) is 0 Å². The highest BCUT2D eigenvalue weighted by Crippen LogP contribution is 2.23. The van der Waals surface area contributed by atoms with Crippen LogP contribution in [-0.4, -0.2) is 44.3 Å². The number of fused-ring (bicyclic) bond motifs is 1. The summed E-state index contributed by atoms with van der Waals surface area (Å²) >= 11 is 0. The number of aliphatic carboxylic acids is 1. The summed E-state index contributed by atoms with van der Waals surface area (Å²) in [6.07, 6.45) is 1.96. The summed E-state index contributed by atoms with van der Waals surface area (Å²) in [6, 6.07) is 8.84. The van der Waals surface area contributed by atoms with Gasteiger partial charge in [0.2, 0.25) is 5.91 Å². The van der Waals surface area contributed by atoms with Gasteiger partial charge in [-0.15, -0.1) is 0 Å². The van der Waals surface area contributed by atoms with E-state index in [1.54, 1.807) is 36.5 Å². The van der Waals surface area contributed by atoms with Crippen LogP contribution in [0.15, 0.2) is 48.7 Å². The van der Waals surface area contributed by atoms with Crippen LogP contribution in [0.1, 0.15) is 11.1 Å². The molecular weight excluding hydrogens is 362 g/mol. The molecule has 2 atom stereocenters. The van der Waals surface area contributed by atoms with Gasteiger partial charge in [-0.1, -0.05) is 12.1 Å². The Hall–Kier alpha value is -3.52. The van der Waals surface area contributed by atoms with Gasteiger partial charge in [0.15, 0.2) is 0 Å². The lowest BCUT2D eigenvalue weighted by Gasteiger charge is -2.18. The SMILES string of the molecule is N[C@@H](Cc1c[nH]c2ccc(O)cc12)C(=O)N[C@@H](Cc1ccc(O)cc1)C(=O)O. The van der Waals surface area contributed by atoms with Gasteiger partial charge in [0.1, 0.15) is 17.5 Å². The smallest absolute Gasteiger partial charge is 0.326 e. The van der Waals surface area contributed by atoms with Crippen molar-refractivity contribution in [3.8, 4) is 11.5 Å². The average Bonchev–Trinajstić information content (AvgIpc) is 3.04. The number of carbonyl (C=O) groups excluding carboxylic acids is 1. The van der Waals surface area contributed by atoms with Crippen LogP contribution in [-0.2, 0) is 22.4 Å². The maximum atomic E-state index is 12.4. The average molecular weight is 383 g/mol. The first-order chi connectivity index (χ1) is 13.3. The Balaban J connectivity index is 1.67. The molecule has 0 saturated carbocycles. The fourth-order valence-electron chi connectivity index (χ4n) is 3.01. The predicted molar refractivity (Wildman–Crippen MR) is 103 cm³/mol. The molecule has 146 valence electrons. The predicted octanol–water partition coefficient (Wildman–Crippen LogP) is 1.26. The number of nitrogens with one attached hydrogen (secondary N) is 2. The van der Waals surface area contributed by atoms with Crippen molar-refractivity contribution in [1.82, 2.24) is 10.3 Å². The fraction of sp³-hybridized carbons (Fsp3) is 0.200. The van der Waals surface area contributed by atoms with Gasteiger partial charge in [-0.25, -0.2) is 4.79 Å². The lowest BCUT2D eigenvalue weighted by molar-refractivity contribution is -0.141. The highest BCUT2D eigenvalue weighted by atomic mass is 16.4. The van der Waals surface area contributed by atoms with E-state index in [2.05, 4.69) is 10.3 Å². The standard InChI is InChI=1S/C20H21N3O5/c21-16(8-12-10-22-17-6-5-14(25)9-15(12)17)19(26)23-18(20(27)28)7-11-1-3-13(24)4-2-11/h1-6,9-10,16,18,22,24-25H,7-8,21H2,(H,23,26)(H,27,28)/t16-,18-/m0/s1. The quantitative estimate of drug-likeness (QED) is 0.362. The van der Waals surface area contributed by atoms with Gasteiger partial charge in [-0.05, 0) is 47.9 Å². The second kappa shape index (κ2) is 8.01. The van der Waals surface area contributed by atoms with Crippen LogP contribution in [0, 0.1) is 0 Å². The molecule has 0 bridgehead atoms. The molecule has 28 heavy (non-hydrogen) atoms. The zero-order chi connectivity index (χ0) is 20.3. The summed E-state index contributed by atoms with van der Waals surface area (Å²) in [5, 5.41) is 31.6. The fourth-order valence-corrected chi connectivity index (χ4v) is 3.01. The van der Waals surface area contributed by atoms with Crippen LogP contribution >= 0.6 is 0 Å². The summed E-state index contributed by atoms with van der Waals surface area (Å²) in [5.41, 5.74) is 8.19. The van der Waals surface area contributed by atoms with Gasteiger partial charge in [-0.3, -0.25) is 4.79 Å². The van der Waals surface area contributed by atoms with Crippen molar-refractivity contribution in [3.05, 3.63) is 59.8 Å². The largest absolute Gasteiger partial charge is 0.508 e. The van der Waals surface area contributed by atoms with Gasteiger partial charge in [-0.2, -0.15) is 0 Å². The van der Waals surface area contributed by atoms with Gasteiger partial charge in [0, 0.05) is 23.5 Å². The third kappa shape index (κ3) is 4.41. The molecule has 8 nitrogen and oxygen atoms in total. The summed E-state index contributed by atoms with van der Waals surface area (Å²) < 4.78 is 0. The maximum absolute atomic E-state index is 12.4. The van der Waals surface area contributed by atoms with E-state index >= 15 is 0 Å². The minimum Gasteiger partial charge on any atom is -0.508 e. The number of amides is 1. The maximum Gasteiger partial charge on any atom is 0.326 e. The van der Waals surface area contributed by atoms with E-state index < -0.39 is 24.0 Å². The number of carboxylic acid groups (broad SMARTS) is 1. The van der Waals surface area contributed by atoms with E-state index in [-0.39, 0.29) is 24.3 Å². The number of aromatic hydroxyl groups is 2. The number of phenols is 2. The van der Waals surface area contributed by atoms with Crippen molar-refractivity contribution in [2.45, 2.75) is 24.9 Å². The van der Waals surface area contributed by atoms with Crippen molar-refractivity contribution in [2.24, 2.45) is 5.73 Å². The number of benzene rings is 2. The highest BCUT2D eigenvalue weighted by molar-refractivity contribution is 5.89. The molecule has 7 N–H and O–H groups in total. The Labute approximate surface area is 160 Å². The number of aromatic amines is 1. The lowest BCUT2D eigenvalue weighted by atomic mass is 10.0. The number of H-pyrrole nitrogens is 1. The third-order valence-electron chi connectivity index (χ3n) is 4.52. The minimum atomic E-state index is -1.18. The first-order valence-electron chi connectivity index (χ1n) is 8.69. The van der Waals surface area contributed by atoms with Crippen LogP contribution in [0.25, 0.3) is 10.9 Å². The summed E-state index contributed by atoms with van der Waals surface area (Å²) in [6.45, 7) is 0. The number of carboxylic acids is 1. The molecule has 1 heterocycles. The van der Waals surface area contributed by atoms with Crippen molar-refractivity contribution < 1.29 is 24.9 Å². The van der Waals surface area contributed by atoms with E-state index in [1.807, 2.05) is 0 Å². The van der Waals surface area contributed by atoms with Gasteiger partial charge in [0.05, 0.1) is 6.04 Å². The summed E-state index contributed by atoms with van der Waals surface area (Å²) in [7, 11) is 0. The van der Waals surface area contributed by atoms with Crippen LogP contribution < -0.4 is 11.1 Å². The summed E-state index contributed by atoms with van der Waals surface area (Å²) in [4.78, 5) is 27.0. The first-order valence-corrected chi connectivity index (χ1v) is 8.69. The highest BCUT2D eigenvalue weighted by Gasteiger charge is 2.24. The second-order valence-electron chi connectivity index (χ2n) is 6.62. The monoisotopic (exact) mass is 383 g/mol. The van der Waals surface area contributed by atoms with Crippen molar-refractivity contribution >= 4 is 22.8 Å². The van der Waals surface area contributed by atoms with Crippen LogP contribution in [0.3, 0.4) is 0 Å². The van der Waals surface area contributed by atoms with Gasteiger partial charge >= 0.3 is 5.97 Å². The first kappa shape index (κ1) is 19.2. The van der Waals surface area contributed by atoms with E-state index in [0.29, 0.717) is 5.56 Å². The molecule has 8 heteroatoms. The lowest BCUT2D eigenvalue weighted by Crippen LogP contribution is -2.50. The molecule has 1 amide bonds. The van der Waals surface area contributed by atoms with Crippen molar-refractivity contribution in [2.75, 3.05) is 0 Å². The molecule has 0 aliphatic heterocycles. The number of rotatable bonds is 7. The molecule has 0 fully saturated rings. The Morgan fingerprint density at radius 1 is 1.04 bits per heavy atom.